The second-order valence-corrected chi connectivity index (χ2v) is 7.06. The van der Waals surface area contributed by atoms with E-state index in [2.05, 4.69) is 19.1 Å². The van der Waals surface area contributed by atoms with Gasteiger partial charge in [0.2, 0.25) is 5.91 Å². The molecule has 1 saturated heterocycles. The summed E-state index contributed by atoms with van der Waals surface area (Å²) in [6, 6.07) is 8.23. The maximum atomic E-state index is 13.0. The molecule has 1 unspecified atom stereocenters. The molecule has 0 aliphatic carbocycles. The van der Waals surface area contributed by atoms with Crippen molar-refractivity contribution in [2.75, 3.05) is 26.9 Å². The maximum Gasteiger partial charge on any atom is 0.230 e. The average Bonchev–Trinajstić information content (AvgIpc) is 3.01. The Morgan fingerprint density at radius 2 is 2.13 bits per heavy atom. The molecule has 1 atom stereocenters. The number of amides is 1. The smallest absolute Gasteiger partial charge is 0.230 e. The zero-order chi connectivity index (χ0) is 16.9. The van der Waals surface area contributed by atoms with Crippen LogP contribution in [0, 0.1) is 12.3 Å². The molecule has 4 heteroatoms. The molecule has 1 aliphatic rings. The van der Waals surface area contributed by atoms with Crippen molar-refractivity contribution in [2.45, 2.75) is 46.3 Å². The third-order valence-electron chi connectivity index (χ3n) is 4.44. The molecule has 1 aromatic carbocycles. The summed E-state index contributed by atoms with van der Waals surface area (Å²) in [6.45, 7) is 8.47. The Hall–Kier alpha value is -1.39. The van der Waals surface area contributed by atoms with Gasteiger partial charge < -0.3 is 14.4 Å². The molecule has 0 radical (unpaired) electrons. The van der Waals surface area contributed by atoms with Gasteiger partial charge in [-0.2, -0.15) is 0 Å². The molecule has 0 bridgehead atoms. The molecule has 1 heterocycles. The van der Waals surface area contributed by atoms with E-state index in [4.69, 9.17) is 9.47 Å². The Balaban J connectivity index is 2.17. The molecule has 1 fully saturated rings. The minimum Gasteiger partial charge on any atom is -0.384 e. The number of nitrogens with zero attached hydrogens (tertiary/aromatic N) is 1. The fourth-order valence-electron chi connectivity index (χ4n) is 3.10. The Labute approximate surface area is 139 Å². The van der Waals surface area contributed by atoms with Crippen molar-refractivity contribution < 1.29 is 14.3 Å². The number of carbonyl (C=O) groups excluding carboxylic acids is 1. The van der Waals surface area contributed by atoms with E-state index in [0.29, 0.717) is 19.7 Å². The van der Waals surface area contributed by atoms with Gasteiger partial charge >= 0.3 is 0 Å². The number of hydrogen-bond acceptors (Lipinski definition) is 3. The first-order valence-electron chi connectivity index (χ1n) is 8.38. The number of carbonyl (C=O) groups is 1. The van der Waals surface area contributed by atoms with Gasteiger partial charge in [-0.15, -0.1) is 0 Å². The van der Waals surface area contributed by atoms with Gasteiger partial charge in [-0.05, 0) is 44.7 Å². The van der Waals surface area contributed by atoms with Gasteiger partial charge in [0.05, 0.1) is 18.1 Å². The van der Waals surface area contributed by atoms with Gasteiger partial charge in [-0.1, -0.05) is 24.3 Å². The van der Waals surface area contributed by atoms with E-state index in [0.717, 1.165) is 19.4 Å². The lowest BCUT2D eigenvalue weighted by Crippen LogP contribution is -2.45. The highest BCUT2D eigenvalue weighted by Crippen LogP contribution is 2.24. The fourth-order valence-corrected chi connectivity index (χ4v) is 3.10. The summed E-state index contributed by atoms with van der Waals surface area (Å²) in [5.74, 6) is 0.123. The van der Waals surface area contributed by atoms with Crippen LogP contribution in [0.4, 0.5) is 0 Å². The summed E-state index contributed by atoms with van der Waals surface area (Å²) in [5, 5.41) is 0. The van der Waals surface area contributed by atoms with Crippen LogP contribution in [0.1, 0.15) is 37.8 Å². The number of hydrogen-bond donors (Lipinski definition) is 0. The van der Waals surface area contributed by atoms with Crippen LogP contribution in [-0.2, 0) is 20.8 Å². The highest BCUT2D eigenvalue weighted by Gasteiger charge is 2.34. The lowest BCUT2D eigenvalue weighted by Gasteiger charge is -2.33. The van der Waals surface area contributed by atoms with Crippen molar-refractivity contribution in [2.24, 2.45) is 5.41 Å². The van der Waals surface area contributed by atoms with Crippen molar-refractivity contribution >= 4 is 5.91 Å². The first kappa shape index (κ1) is 18.0. The van der Waals surface area contributed by atoms with Gasteiger partial charge in [0.25, 0.3) is 0 Å². The van der Waals surface area contributed by atoms with E-state index < -0.39 is 5.41 Å². The Kier molecular flexibility index (Phi) is 6.19. The average molecular weight is 319 g/mol. The van der Waals surface area contributed by atoms with Crippen molar-refractivity contribution in [3.8, 4) is 0 Å². The van der Waals surface area contributed by atoms with E-state index in [1.807, 2.05) is 30.9 Å². The van der Waals surface area contributed by atoms with Gasteiger partial charge in [0.1, 0.15) is 0 Å². The summed E-state index contributed by atoms with van der Waals surface area (Å²) in [4.78, 5) is 15.0. The van der Waals surface area contributed by atoms with Crippen LogP contribution in [-0.4, -0.2) is 43.8 Å². The molecule has 0 spiro atoms. The zero-order valence-electron chi connectivity index (χ0n) is 14.8. The SMILES string of the molecule is COCC(C)(C)C(=O)N(Cc1ccccc1C)CC1CCCO1. The van der Waals surface area contributed by atoms with Crippen LogP contribution >= 0.6 is 0 Å². The monoisotopic (exact) mass is 319 g/mol. The summed E-state index contributed by atoms with van der Waals surface area (Å²) >= 11 is 0. The van der Waals surface area contributed by atoms with Crippen LogP contribution in [0.5, 0.6) is 0 Å². The standard InChI is InChI=1S/C19H29NO3/c1-15-8-5-6-9-16(15)12-20(13-17-10-7-11-23-17)18(21)19(2,3)14-22-4/h5-6,8-9,17H,7,10-14H2,1-4H3. The maximum absolute atomic E-state index is 13.0. The van der Waals surface area contributed by atoms with E-state index >= 15 is 0 Å². The minimum atomic E-state index is -0.532. The van der Waals surface area contributed by atoms with Crippen LogP contribution in [0.3, 0.4) is 0 Å². The largest absolute Gasteiger partial charge is 0.384 e. The van der Waals surface area contributed by atoms with Crippen molar-refractivity contribution in [3.63, 3.8) is 0 Å². The van der Waals surface area contributed by atoms with E-state index in [1.54, 1.807) is 7.11 Å². The number of aryl methyl sites for hydroxylation is 1. The molecular weight excluding hydrogens is 290 g/mol. The van der Waals surface area contributed by atoms with Crippen LogP contribution < -0.4 is 0 Å². The molecular formula is C19H29NO3. The number of methoxy groups -OCH3 is 1. The third kappa shape index (κ3) is 4.79. The summed E-state index contributed by atoms with van der Waals surface area (Å²) in [5.41, 5.74) is 1.87. The summed E-state index contributed by atoms with van der Waals surface area (Å²) in [7, 11) is 1.64. The van der Waals surface area contributed by atoms with Crippen molar-refractivity contribution in [1.82, 2.24) is 4.90 Å². The predicted octanol–water partition coefficient (Wildman–Crippen LogP) is 3.18. The van der Waals surface area contributed by atoms with E-state index in [9.17, 15) is 4.79 Å². The molecule has 1 aromatic rings. The molecule has 1 aliphatic heterocycles. The molecule has 4 nitrogen and oxygen atoms in total. The van der Waals surface area contributed by atoms with Crippen molar-refractivity contribution in [1.29, 1.82) is 0 Å². The molecule has 1 amide bonds. The highest BCUT2D eigenvalue weighted by molar-refractivity contribution is 5.82. The lowest BCUT2D eigenvalue weighted by atomic mass is 9.92. The normalized spacial score (nSPS) is 18.2. The van der Waals surface area contributed by atoms with Crippen LogP contribution in [0.2, 0.25) is 0 Å². The summed E-state index contributed by atoms with van der Waals surface area (Å²) in [6.07, 6.45) is 2.27. The fraction of sp³-hybridized carbons (Fsp3) is 0.632. The van der Waals surface area contributed by atoms with Crippen LogP contribution in [0.25, 0.3) is 0 Å². The Morgan fingerprint density at radius 3 is 2.74 bits per heavy atom. The Morgan fingerprint density at radius 1 is 1.39 bits per heavy atom. The van der Waals surface area contributed by atoms with Gasteiger partial charge in [-0.3, -0.25) is 4.79 Å². The minimum absolute atomic E-state index is 0.123. The number of benzene rings is 1. The topological polar surface area (TPSA) is 38.8 Å². The molecule has 128 valence electrons. The molecule has 0 aromatic heterocycles. The lowest BCUT2D eigenvalue weighted by molar-refractivity contribution is -0.145. The van der Waals surface area contributed by atoms with Crippen molar-refractivity contribution in [3.05, 3.63) is 35.4 Å². The zero-order valence-corrected chi connectivity index (χ0v) is 14.8. The highest BCUT2D eigenvalue weighted by atomic mass is 16.5. The predicted molar refractivity (Wildman–Crippen MR) is 91.2 cm³/mol. The van der Waals surface area contributed by atoms with Gasteiger partial charge in [0, 0.05) is 26.8 Å². The molecule has 23 heavy (non-hydrogen) atoms. The molecule has 0 N–H and O–H groups in total. The first-order chi connectivity index (χ1) is 10.9. The molecule has 2 rings (SSSR count). The van der Waals surface area contributed by atoms with Gasteiger partial charge in [-0.25, -0.2) is 0 Å². The quantitative estimate of drug-likeness (QED) is 0.775. The Bertz CT molecular complexity index is 521. The number of ether oxygens (including phenoxy) is 2. The summed E-state index contributed by atoms with van der Waals surface area (Å²) < 4.78 is 11.0. The third-order valence-corrected chi connectivity index (χ3v) is 4.44. The molecule has 0 saturated carbocycles. The van der Waals surface area contributed by atoms with E-state index in [1.165, 1.54) is 11.1 Å². The van der Waals surface area contributed by atoms with Gasteiger partial charge in [0.15, 0.2) is 0 Å². The van der Waals surface area contributed by atoms with Crippen LogP contribution in [0.15, 0.2) is 24.3 Å². The number of rotatable bonds is 7. The second kappa shape index (κ2) is 7.93. The second-order valence-electron chi connectivity index (χ2n) is 7.06. The van der Waals surface area contributed by atoms with E-state index in [-0.39, 0.29) is 12.0 Å². The first-order valence-corrected chi connectivity index (χ1v) is 8.38.